The third-order valence-electron chi connectivity index (χ3n) is 5.04. The van der Waals surface area contributed by atoms with E-state index in [-0.39, 0.29) is 6.42 Å². The van der Waals surface area contributed by atoms with E-state index in [0.717, 1.165) is 38.8 Å². The molecule has 3 N–H and O–H groups in total. The molecule has 0 saturated carbocycles. The van der Waals surface area contributed by atoms with Crippen molar-refractivity contribution >= 4 is 16.9 Å². The molecule has 4 rings (SSSR count). The number of nitrogens with two attached hydrogens (primary N) is 1. The lowest BCUT2D eigenvalue weighted by Gasteiger charge is -2.13. The number of carboxylic acids is 1. The summed E-state index contributed by atoms with van der Waals surface area (Å²) in [7, 11) is 0. The Morgan fingerprint density at radius 1 is 1.07 bits per heavy atom. The van der Waals surface area contributed by atoms with E-state index in [1.54, 1.807) is 6.26 Å². The van der Waals surface area contributed by atoms with Gasteiger partial charge < -0.3 is 20.0 Å². The predicted molar refractivity (Wildman–Crippen MR) is 116 cm³/mol. The van der Waals surface area contributed by atoms with Crippen LogP contribution in [-0.4, -0.2) is 11.1 Å². The minimum atomic E-state index is -0.882. The van der Waals surface area contributed by atoms with Crippen LogP contribution < -0.4 is 10.5 Å². The number of benzene rings is 3. The Balaban J connectivity index is 1.67. The lowest BCUT2D eigenvalue weighted by Crippen LogP contribution is -2.05. The minimum Gasteiger partial charge on any atom is -0.489 e. The normalized spacial score (nSPS) is 11.0. The van der Waals surface area contributed by atoms with Gasteiger partial charge in [-0.2, -0.15) is 0 Å². The molecule has 0 aliphatic rings. The maximum atomic E-state index is 11.2. The number of aliphatic carboxylic acids is 1. The first-order chi connectivity index (χ1) is 14.5. The topological polar surface area (TPSA) is 85.7 Å². The third-order valence-corrected chi connectivity index (χ3v) is 5.04. The van der Waals surface area contributed by atoms with Crippen LogP contribution in [0, 0.1) is 6.92 Å². The van der Waals surface area contributed by atoms with Crippen molar-refractivity contribution in [2.75, 3.05) is 0 Å². The summed E-state index contributed by atoms with van der Waals surface area (Å²) in [6, 6.07) is 19.7. The highest BCUT2D eigenvalue weighted by atomic mass is 16.5. The van der Waals surface area contributed by atoms with E-state index in [9.17, 15) is 9.90 Å². The minimum absolute atomic E-state index is 0.0745. The zero-order valence-electron chi connectivity index (χ0n) is 16.7. The highest BCUT2D eigenvalue weighted by Crippen LogP contribution is 2.32. The Bertz CT molecular complexity index is 1210. The van der Waals surface area contributed by atoms with Gasteiger partial charge >= 0.3 is 5.97 Å². The molecule has 1 heterocycles. The largest absolute Gasteiger partial charge is 0.489 e. The third kappa shape index (κ3) is 4.21. The van der Waals surface area contributed by atoms with E-state index in [0.29, 0.717) is 24.5 Å². The van der Waals surface area contributed by atoms with Crippen molar-refractivity contribution in [3.63, 3.8) is 0 Å². The van der Waals surface area contributed by atoms with Crippen LogP contribution in [0.4, 0.5) is 0 Å². The standard InChI is InChI=1S/C25H23NO4/c1-16-5-6-23(21(9-16)13-24(27)28)30-15-18-11-20-7-8-29-25(20)22(12-18)19-4-2-3-17(10-19)14-26/h2-12H,13-15,26H2,1H3,(H,27,28). The Morgan fingerprint density at radius 3 is 2.73 bits per heavy atom. The fraction of sp³-hybridized carbons (Fsp3) is 0.160. The van der Waals surface area contributed by atoms with E-state index in [1.807, 2.05) is 61.5 Å². The monoisotopic (exact) mass is 401 g/mol. The first kappa shape index (κ1) is 19.7. The van der Waals surface area contributed by atoms with Gasteiger partial charge in [-0.1, -0.05) is 35.9 Å². The van der Waals surface area contributed by atoms with Crippen molar-refractivity contribution in [1.29, 1.82) is 0 Å². The molecule has 30 heavy (non-hydrogen) atoms. The van der Waals surface area contributed by atoms with Gasteiger partial charge in [0, 0.05) is 23.1 Å². The van der Waals surface area contributed by atoms with Gasteiger partial charge in [-0.3, -0.25) is 4.79 Å². The highest BCUT2D eigenvalue weighted by Gasteiger charge is 2.12. The zero-order valence-corrected chi connectivity index (χ0v) is 16.7. The molecule has 0 unspecified atom stereocenters. The lowest BCUT2D eigenvalue weighted by molar-refractivity contribution is -0.136. The van der Waals surface area contributed by atoms with Crippen molar-refractivity contribution in [3.05, 3.63) is 89.2 Å². The molecule has 0 amide bonds. The van der Waals surface area contributed by atoms with Crippen LogP contribution in [0.15, 0.2) is 71.3 Å². The Morgan fingerprint density at radius 2 is 1.93 bits per heavy atom. The Labute approximate surface area is 174 Å². The molecule has 0 bridgehead atoms. The first-order valence-electron chi connectivity index (χ1n) is 9.77. The smallest absolute Gasteiger partial charge is 0.307 e. The van der Waals surface area contributed by atoms with E-state index < -0.39 is 5.97 Å². The second-order valence-corrected chi connectivity index (χ2v) is 7.36. The number of carbonyl (C=O) groups is 1. The molecular weight excluding hydrogens is 378 g/mol. The molecule has 0 spiro atoms. The van der Waals surface area contributed by atoms with Gasteiger partial charge in [-0.15, -0.1) is 0 Å². The molecular formula is C25H23NO4. The van der Waals surface area contributed by atoms with Crippen LogP contribution in [0.1, 0.15) is 22.3 Å². The van der Waals surface area contributed by atoms with Crippen LogP contribution >= 0.6 is 0 Å². The van der Waals surface area contributed by atoms with Gasteiger partial charge in [0.15, 0.2) is 0 Å². The van der Waals surface area contributed by atoms with Crippen molar-refractivity contribution in [3.8, 4) is 16.9 Å². The molecule has 0 radical (unpaired) electrons. The predicted octanol–water partition coefficient (Wildman–Crippen LogP) is 5.07. The van der Waals surface area contributed by atoms with E-state index in [4.69, 9.17) is 14.9 Å². The van der Waals surface area contributed by atoms with Gasteiger partial charge in [0.25, 0.3) is 0 Å². The number of furan rings is 1. The zero-order chi connectivity index (χ0) is 21.1. The average molecular weight is 401 g/mol. The summed E-state index contributed by atoms with van der Waals surface area (Å²) in [5, 5.41) is 10.2. The van der Waals surface area contributed by atoms with Crippen LogP contribution in [0.3, 0.4) is 0 Å². The van der Waals surface area contributed by atoms with Crippen LogP contribution in [0.2, 0.25) is 0 Å². The van der Waals surface area contributed by atoms with Gasteiger partial charge in [-0.25, -0.2) is 0 Å². The summed E-state index contributed by atoms with van der Waals surface area (Å²) >= 11 is 0. The molecule has 152 valence electrons. The Hall–Kier alpha value is -3.57. The number of ether oxygens (including phenoxy) is 1. The van der Waals surface area contributed by atoms with Gasteiger partial charge in [0.05, 0.1) is 12.7 Å². The van der Waals surface area contributed by atoms with Crippen LogP contribution in [-0.2, 0) is 24.4 Å². The average Bonchev–Trinajstić information content (AvgIpc) is 3.21. The van der Waals surface area contributed by atoms with Crippen molar-refractivity contribution in [2.24, 2.45) is 5.73 Å². The van der Waals surface area contributed by atoms with Gasteiger partial charge in [0.2, 0.25) is 0 Å². The molecule has 4 aromatic rings. The summed E-state index contributed by atoms with van der Waals surface area (Å²) in [4.78, 5) is 11.2. The van der Waals surface area contributed by atoms with Crippen molar-refractivity contribution in [1.82, 2.24) is 0 Å². The molecule has 5 nitrogen and oxygen atoms in total. The summed E-state index contributed by atoms with van der Waals surface area (Å²) in [5.41, 5.74) is 12.3. The van der Waals surface area contributed by atoms with Crippen molar-refractivity contribution in [2.45, 2.75) is 26.5 Å². The van der Waals surface area contributed by atoms with Crippen LogP contribution in [0.5, 0.6) is 5.75 Å². The number of rotatable bonds is 7. The maximum absolute atomic E-state index is 11.2. The molecule has 0 fully saturated rings. The molecule has 0 atom stereocenters. The summed E-state index contributed by atoms with van der Waals surface area (Å²) in [6.45, 7) is 2.72. The summed E-state index contributed by atoms with van der Waals surface area (Å²) in [5.74, 6) is -0.297. The number of hydrogen-bond acceptors (Lipinski definition) is 4. The second-order valence-electron chi connectivity index (χ2n) is 7.36. The van der Waals surface area contributed by atoms with E-state index in [2.05, 4.69) is 6.07 Å². The fourth-order valence-corrected chi connectivity index (χ4v) is 3.62. The molecule has 3 aromatic carbocycles. The highest BCUT2D eigenvalue weighted by molar-refractivity contribution is 5.93. The molecule has 0 aliphatic heterocycles. The number of fused-ring (bicyclic) bond motifs is 1. The molecule has 0 saturated heterocycles. The van der Waals surface area contributed by atoms with Crippen molar-refractivity contribution < 1.29 is 19.1 Å². The SMILES string of the molecule is Cc1ccc(OCc2cc(-c3cccc(CN)c3)c3occc3c2)c(CC(=O)O)c1. The fourth-order valence-electron chi connectivity index (χ4n) is 3.62. The molecule has 0 aliphatic carbocycles. The van der Waals surface area contributed by atoms with E-state index in [1.165, 1.54) is 0 Å². The van der Waals surface area contributed by atoms with E-state index >= 15 is 0 Å². The van der Waals surface area contributed by atoms with Gasteiger partial charge in [0.1, 0.15) is 17.9 Å². The summed E-state index contributed by atoms with van der Waals surface area (Å²) < 4.78 is 11.8. The number of hydrogen-bond donors (Lipinski definition) is 2. The lowest BCUT2D eigenvalue weighted by atomic mass is 9.99. The quantitative estimate of drug-likeness (QED) is 0.451. The molecule has 5 heteroatoms. The maximum Gasteiger partial charge on any atom is 0.307 e. The molecule has 1 aromatic heterocycles. The Kier molecular flexibility index (Phi) is 5.55. The summed E-state index contributed by atoms with van der Waals surface area (Å²) in [6.07, 6.45) is 1.60. The second kappa shape index (κ2) is 8.43. The number of aryl methyl sites for hydroxylation is 1. The first-order valence-corrected chi connectivity index (χ1v) is 9.77. The van der Waals surface area contributed by atoms with Crippen LogP contribution in [0.25, 0.3) is 22.1 Å². The number of carboxylic acid groups (broad SMARTS) is 1. The van der Waals surface area contributed by atoms with Gasteiger partial charge in [-0.05, 0) is 53.9 Å².